The molecule has 0 aliphatic carbocycles. The number of nitrogens with zero attached hydrogens (tertiary/aromatic N) is 4. The molecule has 8 nitrogen and oxygen atoms in total. The Balaban J connectivity index is 2.23. The molecular formula is C12H11N7O. The Morgan fingerprint density at radius 1 is 1.50 bits per heavy atom. The van der Waals surface area contributed by atoms with Crippen LogP contribution in [0.3, 0.4) is 0 Å². The molecule has 1 aromatic carbocycles. The van der Waals surface area contributed by atoms with E-state index in [1.54, 1.807) is 37.3 Å². The number of amidine groups is 1. The first-order valence-corrected chi connectivity index (χ1v) is 5.59. The number of rotatable bonds is 4. The third kappa shape index (κ3) is 2.97. The largest absolute Gasteiger partial charge is 0.421 e. The molecule has 0 spiro atoms. The molecule has 0 atom stereocenters. The van der Waals surface area contributed by atoms with Crippen LogP contribution < -0.4 is 11.2 Å². The first kappa shape index (κ1) is 13.2. The van der Waals surface area contributed by atoms with Crippen LogP contribution in [0.1, 0.15) is 5.89 Å². The molecule has 1 aromatic heterocycles. The van der Waals surface area contributed by atoms with Crippen molar-refractivity contribution in [2.75, 3.05) is 5.43 Å². The third-order valence-electron chi connectivity index (χ3n) is 2.29. The van der Waals surface area contributed by atoms with E-state index in [0.717, 1.165) is 0 Å². The molecule has 1 heterocycles. The Morgan fingerprint density at radius 3 is 2.90 bits per heavy atom. The lowest BCUT2D eigenvalue weighted by Gasteiger charge is -2.02. The summed E-state index contributed by atoms with van der Waals surface area (Å²) in [7, 11) is 0. The van der Waals surface area contributed by atoms with Crippen molar-refractivity contribution in [3.05, 3.63) is 30.2 Å². The third-order valence-corrected chi connectivity index (χ3v) is 2.29. The van der Waals surface area contributed by atoms with Crippen LogP contribution >= 0.6 is 0 Å². The van der Waals surface area contributed by atoms with Crippen molar-refractivity contribution in [1.29, 1.82) is 10.7 Å². The second kappa shape index (κ2) is 5.62. The van der Waals surface area contributed by atoms with E-state index in [-0.39, 0.29) is 5.71 Å². The lowest BCUT2D eigenvalue weighted by Crippen LogP contribution is -2.21. The maximum Gasteiger partial charge on any atom is 0.247 e. The normalized spacial score (nSPS) is 10.9. The van der Waals surface area contributed by atoms with E-state index < -0.39 is 5.84 Å². The van der Waals surface area contributed by atoms with Crippen LogP contribution in [0, 0.1) is 23.7 Å². The van der Waals surface area contributed by atoms with Crippen LogP contribution in [-0.4, -0.2) is 21.7 Å². The van der Waals surface area contributed by atoms with E-state index in [1.165, 1.54) is 0 Å². The van der Waals surface area contributed by atoms with Gasteiger partial charge >= 0.3 is 0 Å². The van der Waals surface area contributed by atoms with E-state index in [4.69, 9.17) is 20.8 Å². The second-order valence-electron chi connectivity index (χ2n) is 3.80. The Hall–Kier alpha value is -3.21. The molecule has 0 bridgehead atoms. The fourth-order valence-electron chi connectivity index (χ4n) is 1.40. The molecule has 4 N–H and O–H groups in total. The van der Waals surface area contributed by atoms with Crippen LogP contribution in [0.15, 0.2) is 33.8 Å². The molecular weight excluding hydrogens is 258 g/mol. The lowest BCUT2D eigenvalue weighted by molar-refractivity contribution is 0.533. The molecule has 2 rings (SSSR count). The van der Waals surface area contributed by atoms with Gasteiger partial charge < -0.3 is 10.2 Å². The fourth-order valence-corrected chi connectivity index (χ4v) is 1.40. The zero-order valence-corrected chi connectivity index (χ0v) is 10.6. The molecule has 0 fully saturated rings. The highest BCUT2D eigenvalue weighted by atomic mass is 16.4. The van der Waals surface area contributed by atoms with Gasteiger partial charge in [0, 0.05) is 12.5 Å². The molecule has 8 heteroatoms. The average molecular weight is 269 g/mol. The number of anilines is 1. The number of nitrogens with one attached hydrogen (secondary N) is 2. The van der Waals surface area contributed by atoms with Gasteiger partial charge in [-0.1, -0.05) is 6.07 Å². The predicted octanol–water partition coefficient (Wildman–Crippen LogP) is 1.27. The highest BCUT2D eigenvalue weighted by molar-refractivity contribution is 6.45. The van der Waals surface area contributed by atoms with Gasteiger partial charge in [-0.25, -0.2) is 0 Å². The second-order valence-corrected chi connectivity index (χ2v) is 3.80. The number of aromatic nitrogens is 2. The predicted molar refractivity (Wildman–Crippen MR) is 73.1 cm³/mol. The highest BCUT2D eigenvalue weighted by Gasteiger charge is 2.06. The quantitative estimate of drug-likeness (QED) is 0.434. The van der Waals surface area contributed by atoms with Crippen molar-refractivity contribution in [1.82, 2.24) is 10.2 Å². The van der Waals surface area contributed by atoms with Crippen molar-refractivity contribution in [3.8, 4) is 17.5 Å². The fraction of sp³-hybridized carbons (Fsp3) is 0.0833. The summed E-state index contributed by atoms with van der Waals surface area (Å²) in [6.07, 6.45) is 0. The molecule has 0 saturated heterocycles. The van der Waals surface area contributed by atoms with Crippen LogP contribution in [-0.2, 0) is 0 Å². The molecule has 100 valence electrons. The molecule has 0 unspecified atom stereocenters. The zero-order chi connectivity index (χ0) is 14.5. The number of hydrazone groups is 1. The van der Waals surface area contributed by atoms with Crippen LogP contribution in [0.25, 0.3) is 11.5 Å². The number of hydrogen-bond donors (Lipinski definition) is 3. The number of nitriles is 1. The number of aryl methyl sites for hydroxylation is 1. The first-order valence-electron chi connectivity index (χ1n) is 5.59. The Kier molecular flexibility index (Phi) is 3.72. The molecule has 0 radical (unpaired) electrons. The summed E-state index contributed by atoms with van der Waals surface area (Å²) < 4.78 is 5.32. The van der Waals surface area contributed by atoms with E-state index in [1.807, 2.05) is 0 Å². The number of hydrogen-bond acceptors (Lipinski definition) is 7. The van der Waals surface area contributed by atoms with E-state index in [2.05, 4.69) is 20.7 Å². The van der Waals surface area contributed by atoms with Crippen molar-refractivity contribution in [2.45, 2.75) is 6.92 Å². The van der Waals surface area contributed by atoms with Gasteiger partial charge in [0.1, 0.15) is 6.07 Å². The Labute approximate surface area is 114 Å². The van der Waals surface area contributed by atoms with Crippen molar-refractivity contribution >= 4 is 17.2 Å². The molecule has 0 aliphatic rings. The van der Waals surface area contributed by atoms with Gasteiger partial charge in [-0.3, -0.25) is 10.8 Å². The minimum atomic E-state index is -0.399. The highest BCUT2D eigenvalue weighted by Crippen LogP contribution is 2.21. The van der Waals surface area contributed by atoms with Gasteiger partial charge in [0.25, 0.3) is 0 Å². The molecule has 20 heavy (non-hydrogen) atoms. The van der Waals surface area contributed by atoms with Gasteiger partial charge in [-0.05, 0) is 18.2 Å². The molecule has 0 saturated carbocycles. The monoisotopic (exact) mass is 269 g/mol. The maximum absolute atomic E-state index is 8.73. The van der Waals surface area contributed by atoms with Gasteiger partial charge in [0.15, 0.2) is 5.84 Å². The van der Waals surface area contributed by atoms with Crippen molar-refractivity contribution in [2.24, 2.45) is 10.8 Å². The summed E-state index contributed by atoms with van der Waals surface area (Å²) in [6, 6.07) is 8.76. The summed E-state index contributed by atoms with van der Waals surface area (Å²) in [4.78, 5) is 0. The summed E-state index contributed by atoms with van der Waals surface area (Å²) in [6.45, 7) is 1.70. The standard InChI is InChI=1S/C12H11N7O/c1-7-16-19-12(20-7)8-3-2-4-9(5-8)17-18-10(6-13)11(14)15/h2-5,17H,1H3,(H3,14,15)/b18-10+. The SMILES string of the molecule is Cc1nnc(-c2cccc(N/N=C(\C#N)C(=N)N)c2)o1. The van der Waals surface area contributed by atoms with Crippen LogP contribution in [0.4, 0.5) is 5.69 Å². The lowest BCUT2D eigenvalue weighted by atomic mass is 10.2. The van der Waals surface area contributed by atoms with Crippen LogP contribution in [0.2, 0.25) is 0 Å². The number of benzene rings is 1. The van der Waals surface area contributed by atoms with E-state index >= 15 is 0 Å². The van der Waals surface area contributed by atoms with Crippen molar-refractivity contribution in [3.63, 3.8) is 0 Å². The molecule has 2 aromatic rings. The Bertz CT molecular complexity index is 711. The molecule has 0 amide bonds. The first-order chi connectivity index (χ1) is 9.60. The van der Waals surface area contributed by atoms with E-state index in [0.29, 0.717) is 23.0 Å². The summed E-state index contributed by atoms with van der Waals surface area (Å²) >= 11 is 0. The summed E-state index contributed by atoms with van der Waals surface area (Å²) in [5, 5.41) is 27.3. The average Bonchev–Trinajstić information content (AvgIpc) is 2.86. The van der Waals surface area contributed by atoms with Gasteiger partial charge in [0.05, 0.1) is 5.69 Å². The van der Waals surface area contributed by atoms with Crippen molar-refractivity contribution < 1.29 is 4.42 Å². The minimum absolute atomic E-state index is 0.191. The number of nitrogens with two attached hydrogens (primary N) is 1. The van der Waals surface area contributed by atoms with Gasteiger partial charge in [-0.2, -0.15) is 10.4 Å². The van der Waals surface area contributed by atoms with E-state index in [9.17, 15) is 0 Å². The van der Waals surface area contributed by atoms with Crippen LogP contribution in [0.5, 0.6) is 0 Å². The smallest absolute Gasteiger partial charge is 0.247 e. The Morgan fingerprint density at radius 2 is 2.30 bits per heavy atom. The zero-order valence-electron chi connectivity index (χ0n) is 10.6. The topological polar surface area (TPSA) is 137 Å². The minimum Gasteiger partial charge on any atom is -0.421 e. The summed E-state index contributed by atoms with van der Waals surface area (Å²) in [5.74, 6) is 0.464. The van der Waals surface area contributed by atoms with Gasteiger partial charge in [-0.15, -0.1) is 10.2 Å². The summed E-state index contributed by atoms with van der Waals surface area (Å²) in [5.41, 5.74) is 8.97. The maximum atomic E-state index is 8.73. The molecule has 0 aliphatic heterocycles. The van der Waals surface area contributed by atoms with Gasteiger partial charge in [0.2, 0.25) is 17.5 Å².